The van der Waals surface area contributed by atoms with Crippen LogP contribution in [-0.2, 0) is 19.0 Å². The molecule has 2 aromatic carbocycles. The molecular weight excluding hydrogens is 468 g/mol. The Balaban J connectivity index is 1.52. The molecule has 12 heteroatoms. The maximum Gasteiger partial charge on any atom is 0.339 e. The van der Waals surface area contributed by atoms with Crippen LogP contribution >= 0.6 is 0 Å². The largest absolute Gasteiger partial charge is 0.504 e. The molecule has 0 spiro atoms. The van der Waals surface area contributed by atoms with Gasteiger partial charge in [0, 0.05) is 11.6 Å². The number of hydrogen-bond acceptors (Lipinski definition) is 12. The molecule has 12 nitrogen and oxygen atoms in total. The van der Waals surface area contributed by atoms with Crippen LogP contribution in [0.4, 0.5) is 0 Å². The van der Waals surface area contributed by atoms with Crippen LogP contribution in [0.1, 0.15) is 27.6 Å². The van der Waals surface area contributed by atoms with E-state index in [4.69, 9.17) is 18.9 Å². The van der Waals surface area contributed by atoms with Crippen LogP contribution in [0.25, 0.3) is 6.08 Å². The van der Waals surface area contributed by atoms with Crippen LogP contribution in [0.3, 0.4) is 0 Å². The van der Waals surface area contributed by atoms with Crippen molar-refractivity contribution in [1.29, 1.82) is 0 Å². The molecule has 0 saturated carbocycles. The molecule has 2 aliphatic rings. The highest BCUT2D eigenvalue weighted by atomic mass is 16.6. The van der Waals surface area contributed by atoms with Crippen molar-refractivity contribution in [2.24, 2.45) is 0 Å². The number of methoxy groups -OCH3 is 1. The van der Waals surface area contributed by atoms with Crippen LogP contribution in [-0.4, -0.2) is 80.7 Å². The molecule has 0 radical (unpaired) electrons. The third-order valence-electron chi connectivity index (χ3n) is 5.71. The van der Waals surface area contributed by atoms with Crippen molar-refractivity contribution in [3.8, 4) is 28.7 Å². The second-order valence-electron chi connectivity index (χ2n) is 7.90. The number of esters is 2. The van der Waals surface area contributed by atoms with Crippen molar-refractivity contribution in [3.05, 3.63) is 47.0 Å². The molecule has 5 atom stereocenters. The van der Waals surface area contributed by atoms with Crippen LogP contribution < -0.4 is 4.74 Å². The minimum Gasteiger partial charge on any atom is -0.504 e. The predicted molar refractivity (Wildman–Crippen MR) is 115 cm³/mol. The van der Waals surface area contributed by atoms with E-state index in [9.17, 15) is 40.2 Å². The molecule has 2 aromatic rings. The number of ether oxygens (including phenoxy) is 4. The average Bonchev–Trinajstić information content (AvgIpc) is 2.82. The summed E-state index contributed by atoms with van der Waals surface area (Å²) in [5, 5.41) is 60.4. The van der Waals surface area contributed by atoms with E-state index in [1.165, 1.54) is 31.4 Å². The van der Waals surface area contributed by atoms with Gasteiger partial charge in [-0.1, -0.05) is 6.07 Å². The van der Waals surface area contributed by atoms with E-state index in [1.54, 1.807) is 0 Å². The maximum absolute atomic E-state index is 12.4. The lowest BCUT2D eigenvalue weighted by Gasteiger charge is -2.44. The minimum absolute atomic E-state index is 0.116. The van der Waals surface area contributed by atoms with E-state index in [-0.39, 0.29) is 28.4 Å². The first-order valence-corrected chi connectivity index (χ1v) is 10.3. The van der Waals surface area contributed by atoms with Gasteiger partial charge in [-0.2, -0.15) is 0 Å². The van der Waals surface area contributed by atoms with Gasteiger partial charge in [-0.15, -0.1) is 0 Å². The molecule has 1 fully saturated rings. The van der Waals surface area contributed by atoms with Crippen molar-refractivity contribution in [3.63, 3.8) is 0 Å². The number of hydrogen-bond donors (Lipinski definition) is 6. The molecule has 6 N–H and O–H groups in total. The topological polar surface area (TPSA) is 192 Å². The lowest BCUT2D eigenvalue weighted by Crippen LogP contribution is -2.58. The van der Waals surface area contributed by atoms with Crippen molar-refractivity contribution >= 4 is 18.0 Å². The Kier molecular flexibility index (Phi) is 6.43. The number of benzene rings is 2. The number of aromatic hydroxyl groups is 4. The number of carbonyl (C=O) groups is 2. The van der Waals surface area contributed by atoms with E-state index in [2.05, 4.69) is 0 Å². The summed E-state index contributed by atoms with van der Waals surface area (Å²) in [6, 6.07) is 4.94. The van der Waals surface area contributed by atoms with Crippen LogP contribution in [0.15, 0.2) is 30.3 Å². The summed E-state index contributed by atoms with van der Waals surface area (Å²) in [4.78, 5) is 24.5. The van der Waals surface area contributed by atoms with Crippen molar-refractivity contribution in [2.75, 3.05) is 13.7 Å². The lowest BCUT2D eigenvalue weighted by atomic mass is 9.86. The summed E-state index contributed by atoms with van der Waals surface area (Å²) in [6.07, 6.45) is -4.84. The van der Waals surface area contributed by atoms with Gasteiger partial charge in [-0.3, -0.25) is 0 Å². The van der Waals surface area contributed by atoms with Gasteiger partial charge in [0.05, 0.1) is 12.7 Å². The lowest BCUT2D eigenvalue weighted by molar-refractivity contribution is -0.237. The molecule has 35 heavy (non-hydrogen) atoms. The molecule has 0 amide bonds. The highest BCUT2D eigenvalue weighted by Gasteiger charge is 2.52. The molecule has 2 aliphatic heterocycles. The Hall–Kier alpha value is -4.00. The maximum atomic E-state index is 12.4. The molecule has 0 aromatic heterocycles. The van der Waals surface area contributed by atoms with Gasteiger partial charge in [-0.05, 0) is 29.8 Å². The fraction of sp³-hybridized carbons (Fsp3) is 0.304. The van der Waals surface area contributed by atoms with Crippen molar-refractivity contribution in [1.82, 2.24) is 0 Å². The second kappa shape index (κ2) is 9.33. The zero-order chi connectivity index (χ0) is 25.4. The van der Waals surface area contributed by atoms with Crippen LogP contribution in [0.2, 0.25) is 0 Å². The van der Waals surface area contributed by atoms with E-state index in [0.717, 1.165) is 12.1 Å². The second-order valence-corrected chi connectivity index (χ2v) is 7.90. The molecule has 0 bridgehead atoms. The van der Waals surface area contributed by atoms with Crippen molar-refractivity contribution < 1.29 is 59.2 Å². The molecule has 2 heterocycles. The van der Waals surface area contributed by atoms with Gasteiger partial charge in [0.25, 0.3) is 0 Å². The van der Waals surface area contributed by atoms with Gasteiger partial charge >= 0.3 is 11.9 Å². The number of aliphatic hydroxyl groups is 2. The molecule has 186 valence electrons. The molecular formula is C23H22O12. The number of carbonyl (C=O) groups excluding carboxylic acids is 2. The number of phenols is 4. The van der Waals surface area contributed by atoms with Crippen LogP contribution in [0, 0.1) is 0 Å². The van der Waals surface area contributed by atoms with E-state index in [1.807, 2.05) is 0 Å². The first-order valence-electron chi connectivity index (χ1n) is 10.3. The Morgan fingerprint density at radius 2 is 1.80 bits per heavy atom. The van der Waals surface area contributed by atoms with Gasteiger partial charge in [0.2, 0.25) is 5.75 Å². The predicted octanol–water partition coefficient (Wildman–Crippen LogP) is 0.475. The summed E-state index contributed by atoms with van der Waals surface area (Å²) < 4.78 is 21.0. The summed E-state index contributed by atoms with van der Waals surface area (Å²) in [6.45, 7) is -0.509. The fourth-order valence-electron chi connectivity index (χ4n) is 3.96. The molecule has 1 saturated heterocycles. The van der Waals surface area contributed by atoms with E-state index >= 15 is 0 Å². The number of aliphatic hydroxyl groups excluding tert-OH is 2. The van der Waals surface area contributed by atoms with E-state index in [0.29, 0.717) is 5.56 Å². The Morgan fingerprint density at radius 3 is 2.49 bits per heavy atom. The fourth-order valence-corrected chi connectivity index (χ4v) is 3.96. The summed E-state index contributed by atoms with van der Waals surface area (Å²) in [7, 11) is 1.19. The SMILES string of the molecule is COc1c(O)cc2c(c1O)C1OC(COC(=O)C=Cc3ccc(O)c(O)c3)C(O)C(O)C1OC2=O. The van der Waals surface area contributed by atoms with Crippen LogP contribution in [0.5, 0.6) is 28.7 Å². The minimum atomic E-state index is -1.65. The average molecular weight is 490 g/mol. The Bertz CT molecular complexity index is 1190. The monoisotopic (exact) mass is 490 g/mol. The smallest absolute Gasteiger partial charge is 0.339 e. The van der Waals surface area contributed by atoms with Gasteiger partial charge in [-0.25, -0.2) is 9.59 Å². The van der Waals surface area contributed by atoms with Crippen molar-refractivity contribution in [2.45, 2.75) is 30.5 Å². The highest BCUT2D eigenvalue weighted by molar-refractivity contribution is 5.95. The normalized spacial score (nSPS) is 25.5. The van der Waals surface area contributed by atoms with Gasteiger partial charge in [0.1, 0.15) is 31.0 Å². The molecule has 4 rings (SSSR count). The summed E-state index contributed by atoms with van der Waals surface area (Å²) >= 11 is 0. The number of rotatable bonds is 5. The van der Waals surface area contributed by atoms with E-state index < -0.39 is 60.6 Å². The third-order valence-corrected chi connectivity index (χ3v) is 5.71. The molecule has 0 aliphatic carbocycles. The van der Waals surface area contributed by atoms with Gasteiger partial charge in [0.15, 0.2) is 29.1 Å². The Labute approximate surface area is 197 Å². The number of phenolic OH excluding ortho intramolecular Hbond substituents is 4. The first-order chi connectivity index (χ1) is 16.6. The summed E-state index contributed by atoms with van der Waals surface area (Å²) in [5.41, 5.74) is 0.0643. The number of fused-ring (bicyclic) bond motifs is 3. The first kappa shape index (κ1) is 24.1. The molecule has 5 unspecified atom stereocenters. The summed E-state index contributed by atoms with van der Waals surface area (Å²) in [5.74, 6) is -3.93. The van der Waals surface area contributed by atoms with Gasteiger partial charge < -0.3 is 49.6 Å². The standard InChI is InChI=1S/C23H22O12/c1-32-20-13(26)7-10-16(18(20)29)21-22(35-23(10)31)19(30)17(28)14(34-21)8-33-15(27)5-3-9-2-4-11(24)12(25)6-9/h2-7,14,17,19,21-22,24-26,28-30H,8H2,1H3. The third kappa shape index (κ3) is 4.41. The highest BCUT2D eigenvalue weighted by Crippen LogP contribution is 2.49. The Morgan fingerprint density at radius 1 is 1.06 bits per heavy atom. The zero-order valence-corrected chi connectivity index (χ0v) is 18.2. The quantitative estimate of drug-likeness (QED) is 0.193. The zero-order valence-electron chi connectivity index (χ0n) is 18.2.